The smallest absolute Gasteiger partial charge is 0.165 e. The summed E-state index contributed by atoms with van der Waals surface area (Å²) in [6.07, 6.45) is 3.89. The molecule has 0 spiro atoms. The summed E-state index contributed by atoms with van der Waals surface area (Å²) in [5, 5.41) is 23.0. The van der Waals surface area contributed by atoms with Crippen molar-refractivity contribution in [2.75, 3.05) is 11.9 Å². The summed E-state index contributed by atoms with van der Waals surface area (Å²) in [7, 11) is 0. The lowest BCUT2D eigenvalue weighted by Crippen LogP contribution is -2.27. The van der Waals surface area contributed by atoms with Gasteiger partial charge in [-0.15, -0.1) is 0 Å². The van der Waals surface area contributed by atoms with Gasteiger partial charge in [-0.1, -0.05) is 11.6 Å². The van der Waals surface area contributed by atoms with Crippen molar-refractivity contribution in [3.8, 4) is 0 Å². The third-order valence-corrected chi connectivity index (χ3v) is 4.85. The molecule has 0 bridgehead atoms. The molecule has 0 amide bonds. The maximum absolute atomic E-state index is 9.92. The Morgan fingerprint density at radius 2 is 2.26 bits per heavy atom. The molecule has 1 aliphatic carbocycles. The minimum absolute atomic E-state index is 0.215. The second-order valence-electron chi connectivity index (χ2n) is 6.20. The molecule has 0 radical (unpaired) electrons. The molecule has 8 heteroatoms. The van der Waals surface area contributed by atoms with E-state index in [0.29, 0.717) is 23.3 Å². The quantitative estimate of drug-likeness (QED) is 0.735. The highest BCUT2D eigenvalue weighted by Crippen LogP contribution is 2.34. The van der Waals surface area contributed by atoms with Gasteiger partial charge in [0.25, 0.3) is 0 Å². The predicted octanol–water partition coefficient (Wildman–Crippen LogP) is 1.69. The van der Waals surface area contributed by atoms with Gasteiger partial charge in [0.1, 0.15) is 23.0 Å². The Labute approximate surface area is 138 Å². The van der Waals surface area contributed by atoms with Gasteiger partial charge < -0.3 is 20.3 Å². The zero-order valence-electron chi connectivity index (χ0n) is 12.5. The third-order valence-electron chi connectivity index (χ3n) is 4.66. The summed E-state index contributed by atoms with van der Waals surface area (Å²) >= 11 is 6.17. The first-order valence-corrected chi connectivity index (χ1v) is 8.27. The van der Waals surface area contributed by atoms with Crippen molar-refractivity contribution in [2.24, 2.45) is 0 Å². The number of nitrogens with zero attached hydrogens (tertiary/aromatic N) is 3. The summed E-state index contributed by atoms with van der Waals surface area (Å²) in [5.41, 5.74) is 2.24. The lowest BCUT2D eigenvalue weighted by atomic mass is 9.93. The summed E-state index contributed by atoms with van der Waals surface area (Å²) in [4.78, 5) is 8.82. The second-order valence-corrected chi connectivity index (χ2v) is 6.59. The number of fused-ring (bicyclic) bond motifs is 1. The van der Waals surface area contributed by atoms with Crippen LogP contribution in [-0.4, -0.2) is 49.6 Å². The Kier molecular flexibility index (Phi) is 3.88. The van der Waals surface area contributed by atoms with Crippen LogP contribution in [0.5, 0.6) is 0 Å². The average molecular weight is 339 g/mol. The Hall–Kier alpha value is -1.41. The maximum atomic E-state index is 9.92. The number of aromatic nitrogens is 3. The number of hydrogen-bond acceptors (Lipinski definition) is 6. The summed E-state index contributed by atoms with van der Waals surface area (Å²) in [6, 6.07) is 2.26. The molecule has 2 fully saturated rings. The Morgan fingerprint density at radius 3 is 2.91 bits per heavy atom. The van der Waals surface area contributed by atoms with Crippen LogP contribution in [0.15, 0.2) is 12.4 Å². The molecule has 124 valence electrons. The minimum Gasteiger partial charge on any atom is -0.394 e. The van der Waals surface area contributed by atoms with Crippen LogP contribution in [0.2, 0.25) is 5.15 Å². The van der Waals surface area contributed by atoms with Crippen LogP contribution in [0, 0.1) is 0 Å². The van der Waals surface area contributed by atoms with E-state index in [-0.39, 0.29) is 6.61 Å². The van der Waals surface area contributed by atoms with Crippen LogP contribution in [0.25, 0.3) is 11.2 Å². The molecule has 1 saturated heterocycles. The minimum atomic E-state index is -0.700. The lowest BCUT2D eigenvalue weighted by Gasteiger charge is -2.27. The van der Waals surface area contributed by atoms with Gasteiger partial charge in [0.2, 0.25) is 0 Å². The third kappa shape index (κ3) is 2.67. The van der Waals surface area contributed by atoms with Crippen molar-refractivity contribution in [3.05, 3.63) is 17.5 Å². The van der Waals surface area contributed by atoms with Crippen molar-refractivity contribution in [3.63, 3.8) is 0 Å². The highest BCUT2D eigenvalue weighted by Gasteiger charge is 2.35. The van der Waals surface area contributed by atoms with Crippen LogP contribution in [-0.2, 0) is 4.74 Å². The van der Waals surface area contributed by atoms with Gasteiger partial charge in [0, 0.05) is 18.5 Å². The molecule has 4 rings (SSSR count). The fraction of sp³-hybridized carbons (Fsp3) is 0.600. The van der Waals surface area contributed by atoms with Crippen LogP contribution >= 0.6 is 11.6 Å². The number of aliphatic hydroxyl groups is 2. The monoisotopic (exact) mass is 338 g/mol. The number of pyridine rings is 1. The number of anilines is 1. The van der Waals surface area contributed by atoms with Crippen molar-refractivity contribution in [2.45, 2.75) is 50.2 Å². The highest BCUT2D eigenvalue weighted by molar-refractivity contribution is 6.30. The molecule has 3 unspecified atom stereocenters. The van der Waals surface area contributed by atoms with E-state index in [4.69, 9.17) is 16.3 Å². The number of rotatable bonds is 4. The first-order valence-electron chi connectivity index (χ1n) is 7.89. The molecule has 2 aromatic rings. The van der Waals surface area contributed by atoms with Gasteiger partial charge >= 0.3 is 0 Å². The van der Waals surface area contributed by atoms with Crippen molar-refractivity contribution in [1.82, 2.24) is 14.5 Å². The molecule has 3 atom stereocenters. The molecule has 0 aromatic carbocycles. The SMILES string of the molecule is OCC1OC(n2cnc3c(NC4CCC4)cc(Cl)nc32)CC1O. The van der Waals surface area contributed by atoms with Gasteiger partial charge in [-0.2, -0.15) is 0 Å². The summed E-state index contributed by atoms with van der Waals surface area (Å²) in [5.74, 6) is 0. The van der Waals surface area contributed by atoms with Crippen molar-refractivity contribution in [1.29, 1.82) is 0 Å². The van der Waals surface area contributed by atoms with Gasteiger partial charge in [-0.05, 0) is 19.3 Å². The molecule has 1 saturated carbocycles. The summed E-state index contributed by atoms with van der Waals surface area (Å²) < 4.78 is 7.46. The Balaban J connectivity index is 1.68. The number of nitrogens with one attached hydrogen (secondary N) is 1. The number of aliphatic hydroxyl groups excluding tert-OH is 2. The molecular formula is C15H19ClN4O3. The van der Waals surface area contributed by atoms with Crippen LogP contribution in [0.3, 0.4) is 0 Å². The molecular weight excluding hydrogens is 320 g/mol. The van der Waals surface area contributed by atoms with E-state index in [0.717, 1.165) is 24.0 Å². The lowest BCUT2D eigenvalue weighted by molar-refractivity contribution is -0.0432. The fourth-order valence-electron chi connectivity index (χ4n) is 3.12. The number of hydrogen-bond donors (Lipinski definition) is 3. The molecule has 1 aliphatic heterocycles. The van der Waals surface area contributed by atoms with Gasteiger partial charge in [0.15, 0.2) is 5.65 Å². The molecule has 2 aliphatic rings. The fourth-order valence-corrected chi connectivity index (χ4v) is 3.31. The normalized spacial score (nSPS) is 28.2. The van der Waals surface area contributed by atoms with E-state index in [9.17, 15) is 10.2 Å². The molecule has 3 heterocycles. The van der Waals surface area contributed by atoms with E-state index in [1.165, 1.54) is 6.42 Å². The van der Waals surface area contributed by atoms with Crippen LogP contribution < -0.4 is 5.32 Å². The van der Waals surface area contributed by atoms with Crippen molar-refractivity contribution >= 4 is 28.5 Å². The molecule has 3 N–H and O–H groups in total. The molecule has 23 heavy (non-hydrogen) atoms. The average Bonchev–Trinajstić information content (AvgIpc) is 3.05. The Bertz CT molecular complexity index is 718. The molecule has 7 nitrogen and oxygen atoms in total. The Morgan fingerprint density at radius 1 is 1.43 bits per heavy atom. The van der Waals surface area contributed by atoms with Crippen LogP contribution in [0.1, 0.15) is 31.9 Å². The van der Waals surface area contributed by atoms with Gasteiger partial charge in [-0.3, -0.25) is 4.57 Å². The first kappa shape index (κ1) is 15.1. The van der Waals surface area contributed by atoms with E-state index in [1.807, 2.05) is 0 Å². The zero-order valence-corrected chi connectivity index (χ0v) is 13.3. The highest BCUT2D eigenvalue weighted by atomic mass is 35.5. The zero-order chi connectivity index (χ0) is 16.0. The second kappa shape index (κ2) is 5.90. The van der Waals surface area contributed by atoms with E-state index in [1.54, 1.807) is 17.0 Å². The maximum Gasteiger partial charge on any atom is 0.165 e. The summed E-state index contributed by atoms with van der Waals surface area (Å²) in [6.45, 7) is -0.215. The van der Waals surface area contributed by atoms with Gasteiger partial charge in [-0.25, -0.2) is 9.97 Å². The number of imidazole rings is 1. The van der Waals surface area contributed by atoms with E-state index in [2.05, 4.69) is 15.3 Å². The van der Waals surface area contributed by atoms with E-state index >= 15 is 0 Å². The predicted molar refractivity (Wildman–Crippen MR) is 85.4 cm³/mol. The van der Waals surface area contributed by atoms with Gasteiger partial charge in [0.05, 0.1) is 24.7 Å². The van der Waals surface area contributed by atoms with E-state index < -0.39 is 18.4 Å². The first-order chi connectivity index (χ1) is 11.2. The number of halogens is 1. The standard InChI is InChI=1S/C15H19ClN4O3/c16-12-4-9(18-8-2-1-3-8)14-15(19-12)20(7-17-14)13-5-10(22)11(6-21)23-13/h4,7-8,10-11,13,21-22H,1-3,5-6H2,(H,18,19). The largest absolute Gasteiger partial charge is 0.394 e. The van der Waals surface area contributed by atoms with Crippen LogP contribution in [0.4, 0.5) is 5.69 Å². The number of ether oxygens (including phenoxy) is 1. The molecule has 2 aromatic heterocycles. The van der Waals surface area contributed by atoms with Crippen molar-refractivity contribution < 1.29 is 14.9 Å². The topological polar surface area (TPSA) is 92.4 Å².